The van der Waals surface area contributed by atoms with Crippen LogP contribution in [0.4, 0.5) is 0 Å². The zero-order chi connectivity index (χ0) is 26.9. The molecule has 39 heavy (non-hydrogen) atoms. The number of piperidine rings is 1. The summed E-state index contributed by atoms with van der Waals surface area (Å²) in [7, 11) is 0. The summed E-state index contributed by atoms with van der Waals surface area (Å²) in [6, 6.07) is 30.8. The Bertz CT molecular complexity index is 1140. The summed E-state index contributed by atoms with van der Waals surface area (Å²) < 4.78 is 0. The van der Waals surface area contributed by atoms with Crippen molar-refractivity contribution >= 4 is 5.91 Å². The van der Waals surface area contributed by atoms with Gasteiger partial charge in [0, 0.05) is 24.1 Å². The molecule has 0 atom stereocenters. The van der Waals surface area contributed by atoms with Gasteiger partial charge in [-0.1, -0.05) is 98.1 Å². The van der Waals surface area contributed by atoms with E-state index >= 15 is 0 Å². The molecule has 1 heterocycles. The van der Waals surface area contributed by atoms with E-state index in [1.165, 1.54) is 36.0 Å². The molecule has 3 aromatic carbocycles. The molecule has 0 unspecified atom stereocenters. The predicted octanol–water partition coefficient (Wildman–Crippen LogP) is 8.05. The van der Waals surface area contributed by atoms with Gasteiger partial charge in [-0.2, -0.15) is 0 Å². The Hall–Kier alpha value is -3.17. The fourth-order valence-corrected chi connectivity index (χ4v) is 6.72. The van der Waals surface area contributed by atoms with E-state index < -0.39 is 0 Å². The van der Waals surface area contributed by atoms with E-state index in [2.05, 4.69) is 95.2 Å². The standard InChI is InChI=1S/C36H44N2O/c1-2-24-38(34-19-10-5-11-20-34)36(39)33-18-12-17-32(28-33)29-21-25-37(26-22-29)27-23-35(30-13-6-3-7-14-30)31-15-8-4-9-16-31/h2-4,6-9,12-18,28-29,34-35H,1,5,10-11,19-27H2. The first-order valence-corrected chi connectivity index (χ1v) is 15.1. The minimum atomic E-state index is 0.175. The average molecular weight is 521 g/mol. The number of nitrogens with zero attached hydrogens (tertiary/aromatic N) is 2. The number of benzene rings is 3. The zero-order valence-electron chi connectivity index (χ0n) is 23.4. The number of hydrogen-bond donors (Lipinski definition) is 0. The SMILES string of the molecule is C=CCN(C(=O)c1cccc(C2CCN(CCC(c3ccccc3)c3ccccc3)CC2)c1)C1CCCCC1. The minimum absolute atomic E-state index is 0.175. The first-order chi connectivity index (χ1) is 19.2. The van der Waals surface area contributed by atoms with Crippen LogP contribution in [0, 0.1) is 0 Å². The van der Waals surface area contributed by atoms with Crippen LogP contribution in [-0.2, 0) is 0 Å². The van der Waals surface area contributed by atoms with Crippen molar-refractivity contribution in [2.75, 3.05) is 26.2 Å². The third kappa shape index (κ3) is 7.08. The van der Waals surface area contributed by atoms with Crippen LogP contribution in [0.2, 0.25) is 0 Å². The zero-order valence-corrected chi connectivity index (χ0v) is 23.4. The molecule has 1 amide bonds. The molecular weight excluding hydrogens is 476 g/mol. The summed E-state index contributed by atoms with van der Waals surface area (Å²) >= 11 is 0. The van der Waals surface area contributed by atoms with E-state index in [1.807, 2.05) is 12.1 Å². The van der Waals surface area contributed by atoms with Crippen molar-refractivity contribution in [2.24, 2.45) is 0 Å². The van der Waals surface area contributed by atoms with Gasteiger partial charge in [0.2, 0.25) is 0 Å². The maximum atomic E-state index is 13.6. The number of hydrogen-bond acceptors (Lipinski definition) is 2. The van der Waals surface area contributed by atoms with Crippen molar-refractivity contribution < 1.29 is 4.79 Å². The van der Waals surface area contributed by atoms with Gasteiger partial charge in [-0.25, -0.2) is 0 Å². The predicted molar refractivity (Wildman–Crippen MR) is 162 cm³/mol. The number of amides is 1. The van der Waals surface area contributed by atoms with E-state index in [4.69, 9.17) is 0 Å². The van der Waals surface area contributed by atoms with Crippen LogP contribution in [0.25, 0.3) is 0 Å². The number of rotatable bonds is 10. The lowest BCUT2D eigenvalue weighted by molar-refractivity contribution is 0.0663. The lowest BCUT2D eigenvalue weighted by Crippen LogP contribution is -2.41. The van der Waals surface area contributed by atoms with Crippen LogP contribution in [0.5, 0.6) is 0 Å². The second kappa shape index (κ2) is 13.8. The molecule has 204 valence electrons. The maximum Gasteiger partial charge on any atom is 0.254 e. The minimum Gasteiger partial charge on any atom is -0.332 e. The molecule has 2 aliphatic rings. The van der Waals surface area contributed by atoms with E-state index in [9.17, 15) is 4.79 Å². The molecule has 0 bridgehead atoms. The van der Waals surface area contributed by atoms with Gasteiger partial charge in [-0.05, 0) is 86.5 Å². The van der Waals surface area contributed by atoms with Crippen LogP contribution in [-0.4, -0.2) is 47.9 Å². The van der Waals surface area contributed by atoms with Crippen molar-refractivity contribution in [3.05, 3.63) is 120 Å². The van der Waals surface area contributed by atoms with Gasteiger partial charge in [0.1, 0.15) is 0 Å². The van der Waals surface area contributed by atoms with E-state index in [1.54, 1.807) is 0 Å². The summed E-state index contributed by atoms with van der Waals surface area (Å²) in [6.45, 7) is 7.91. The topological polar surface area (TPSA) is 23.6 Å². The number of likely N-dealkylation sites (tertiary alicyclic amines) is 1. The second-order valence-electron chi connectivity index (χ2n) is 11.4. The maximum absolute atomic E-state index is 13.6. The molecule has 3 heteroatoms. The summed E-state index contributed by atoms with van der Waals surface area (Å²) in [5.41, 5.74) is 4.97. The molecule has 2 fully saturated rings. The van der Waals surface area contributed by atoms with Gasteiger partial charge >= 0.3 is 0 Å². The summed E-state index contributed by atoms with van der Waals surface area (Å²) in [4.78, 5) is 18.3. The first-order valence-electron chi connectivity index (χ1n) is 15.1. The van der Waals surface area contributed by atoms with Gasteiger partial charge in [0.25, 0.3) is 5.91 Å². The van der Waals surface area contributed by atoms with Gasteiger partial charge < -0.3 is 9.80 Å². The van der Waals surface area contributed by atoms with E-state index in [0.29, 0.717) is 24.4 Å². The first kappa shape index (κ1) is 27.4. The van der Waals surface area contributed by atoms with Crippen molar-refractivity contribution in [3.8, 4) is 0 Å². The molecule has 3 aromatic rings. The molecule has 0 aromatic heterocycles. The van der Waals surface area contributed by atoms with Crippen molar-refractivity contribution in [1.82, 2.24) is 9.80 Å². The van der Waals surface area contributed by atoms with Crippen LogP contribution < -0.4 is 0 Å². The lowest BCUT2D eigenvalue weighted by atomic mass is 9.86. The quantitative estimate of drug-likeness (QED) is 0.253. The number of carbonyl (C=O) groups excluding carboxylic acids is 1. The van der Waals surface area contributed by atoms with Gasteiger partial charge in [-0.15, -0.1) is 6.58 Å². The second-order valence-corrected chi connectivity index (χ2v) is 11.4. The average Bonchev–Trinajstić information content (AvgIpc) is 3.01. The third-order valence-electron chi connectivity index (χ3n) is 8.93. The summed E-state index contributed by atoms with van der Waals surface area (Å²) in [5, 5.41) is 0. The van der Waals surface area contributed by atoms with Crippen LogP contribution in [0.1, 0.15) is 90.3 Å². The Labute approximate surface area is 235 Å². The Morgan fingerprint density at radius 2 is 1.49 bits per heavy atom. The van der Waals surface area contributed by atoms with Gasteiger partial charge in [0.15, 0.2) is 0 Å². The van der Waals surface area contributed by atoms with Gasteiger partial charge in [-0.3, -0.25) is 4.79 Å². The largest absolute Gasteiger partial charge is 0.332 e. The molecule has 0 spiro atoms. The normalized spacial score (nSPS) is 17.3. The van der Waals surface area contributed by atoms with Crippen molar-refractivity contribution in [1.29, 1.82) is 0 Å². The Balaban J connectivity index is 1.19. The molecule has 1 aliphatic heterocycles. The molecule has 3 nitrogen and oxygen atoms in total. The Morgan fingerprint density at radius 1 is 0.846 bits per heavy atom. The summed E-state index contributed by atoms with van der Waals surface area (Å²) in [6.07, 6.45) is 11.3. The van der Waals surface area contributed by atoms with Crippen molar-refractivity contribution in [2.45, 2.75) is 69.2 Å². The van der Waals surface area contributed by atoms with Crippen LogP contribution >= 0.6 is 0 Å². The fraction of sp³-hybridized carbons (Fsp3) is 0.417. The lowest BCUT2D eigenvalue weighted by Gasteiger charge is -2.34. The molecule has 1 aliphatic carbocycles. The highest BCUT2D eigenvalue weighted by molar-refractivity contribution is 5.94. The molecule has 1 saturated heterocycles. The van der Waals surface area contributed by atoms with Crippen LogP contribution in [0.15, 0.2) is 97.6 Å². The monoisotopic (exact) mass is 520 g/mol. The highest BCUT2D eigenvalue weighted by atomic mass is 16.2. The highest BCUT2D eigenvalue weighted by Crippen LogP contribution is 2.32. The Morgan fingerprint density at radius 3 is 2.10 bits per heavy atom. The van der Waals surface area contributed by atoms with Gasteiger partial charge in [0.05, 0.1) is 0 Å². The fourth-order valence-electron chi connectivity index (χ4n) is 6.72. The van der Waals surface area contributed by atoms with Crippen LogP contribution in [0.3, 0.4) is 0 Å². The smallest absolute Gasteiger partial charge is 0.254 e. The van der Waals surface area contributed by atoms with E-state index in [-0.39, 0.29) is 5.91 Å². The molecule has 0 radical (unpaired) electrons. The Kier molecular flexibility index (Phi) is 9.66. The molecule has 1 saturated carbocycles. The molecule has 5 rings (SSSR count). The number of carbonyl (C=O) groups is 1. The van der Waals surface area contributed by atoms with E-state index in [0.717, 1.165) is 57.3 Å². The highest BCUT2D eigenvalue weighted by Gasteiger charge is 2.27. The third-order valence-corrected chi connectivity index (χ3v) is 8.93. The van der Waals surface area contributed by atoms with Crippen molar-refractivity contribution in [3.63, 3.8) is 0 Å². The molecular formula is C36H44N2O. The summed E-state index contributed by atoms with van der Waals surface area (Å²) in [5.74, 6) is 1.13. The molecule has 0 N–H and O–H groups in total.